The second kappa shape index (κ2) is 7.39. The Labute approximate surface area is 102 Å². The maximum Gasteiger partial charge on any atom is 0.110 e. The van der Waals surface area contributed by atoms with Crippen molar-refractivity contribution in [3.8, 4) is 6.07 Å². The Balaban J connectivity index is 2.05. The van der Waals surface area contributed by atoms with Gasteiger partial charge in [0.1, 0.15) is 10.9 Å². The smallest absolute Gasteiger partial charge is 0.110 e. The Hall–Kier alpha value is -0.890. The van der Waals surface area contributed by atoms with Gasteiger partial charge in [0, 0.05) is 11.4 Å². The van der Waals surface area contributed by atoms with Crippen molar-refractivity contribution in [3.63, 3.8) is 0 Å². The molecule has 1 N–H and O–H groups in total. The maximum atomic E-state index is 8.68. The van der Waals surface area contributed by atoms with Gasteiger partial charge in [0.15, 0.2) is 0 Å². The summed E-state index contributed by atoms with van der Waals surface area (Å²) >= 11 is 1.57. The van der Waals surface area contributed by atoms with Crippen molar-refractivity contribution in [3.05, 3.63) is 21.9 Å². The molecule has 3 nitrogen and oxygen atoms in total. The lowest BCUT2D eigenvalue weighted by Gasteiger charge is -2.08. The molecule has 0 aliphatic carbocycles. The summed E-state index contributed by atoms with van der Waals surface area (Å²) in [7, 11) is 4.20. The first-order valence-corrected chi connectivity index (χ1v) is 6.38. The molecule has 0 amide bonds. The van der Waals surface area contributed by atoms with Gasteiger partial charge in [-0.1, -0.05) is 0 Å². The standard InChI is InChI=1S/C12H19N3S/c1-15(2)8-4-3-7-14-10-12-6-5-11(9-13)16-12/h5-6,14H,3-4,7-8,10H2,1-2H3. The van der Waals surface area contributed by atoms with E-state index in [9.17, 15) is 0 Å². The lowest BCUT2D eigenvalue weighted by Crippen LogP contribution is -2.17. The molecule has 0 fully saturated rings. The van der Waals surface area contributed by atoms with E-state index in [1.54, 1.807) is 11.3 Å². The van der Waals surface area contributed by atoms with E-state index in [0.29, 0.717) is 0 Å². The molecule has 0 atom stereocenters. The predicted molar refractivity (Wildman–Crippen MR) is 68.5 cm³/mol. The van der Waals surface area contributed by atoms with Crippen LogP contribution in [0.5, 0.6) is 0 Å². The van der Waals surface area contributed by atoms with Crippen molar-refractivity contribution in [2.24, 2.45) is 0 Å². The molecular weight excluding hydrogens is 218 g/mol. The quantitative estimate of drug-likeness (QED) is 0.738. The first-order valence-electron chi connectivity index (χ1n) is 5.56. The summed E-state index contributed by atoms with van der Waals surface area (Å²) in [5, 5.41) is 12.1. The third-order valence-corrected chi connectivity index (χ3v) is 3.27. The molecule has 0 aliphatic rings. The lowest BCUT2D eigenvalue weighted by molar-refractivity contribution is 0.392. The van der Waals surface area contributed by atoms with Crippen molar-refractivity contribution in [2.75, 3.05) is 27.2 Å². The fraction of sp³-hybridized carbons (Fsp3) is 0.583. The number of nitriles is 1. The predicted octanol–water partition coefficient (Wildman–Crippen LogP) is 2.05. The van der Waals surface area contributed by atoms with E-state index in [-0.39, 0.29) is 0 Å². The van der Waals surface area contributed by atoms with Crippen LogP contribution in [0, 0.1) is 11.3 Å². The Kier molecular flexibility index (Phi) is 6.09. The highest BCUT2D eigenvalue weighted by molar-refractivity contribution is 7.12. The molecule has 0 radical (unpaired) electrons. The number of hydrogen-bond donors (Lipinski definition) is 1. The molecule has 4 heteroatoms. The van der Waals surface area contributed by atoms with Crippen molar-refractivity contribution in [2.45, 2.75) is 19.4 Å². The number of nitrogens with zero attached hydrogens (tertiary/aromatic N) is 2. The van der Waals surface area contributed by atoms with E-state index in [1.165, 1.54) is 17.7 Å². The van der Waals surface area contributed by atoms with Gasteiger partial charge in [0.25, 0.3) is 0 Å². The van der Waals surface area contributed by atoms with E-state index >= 15 is 0 Å². The third kappa shape index (κ3) is 5.26. The van der Waals surface area contributed by atoms with Crippen LogP contribution >= 0.6 is 11.3 Å². The van der Waals surface area contributed by atoms with Gasteiger partial charge in [-0.15, -0.1) is 11.3 Å². The first kappa shape index (κ1) is 13.2. The van der Waals surface area contributed by atoms with Crippen LogP contribution in [0.15, 0.2) is 12.1 Å². The minimum Gasteiger partial charge on any atom is -0.312 e. The molecular formula is C12H19N3S. The van der Waals surface area contributed by atoms with Gasteiger partial charge < -0.3 is 10.2 Å². The van der Waals surface area contributed by atoms with E-state index in [0.717, 1.165) is 24.5 Å². The van der Waals surface area contributed by atoms with E-state index in [1.807, 2.05) is 12.1 Å². The molecule has 1 rings (SSSR count). The third-order valence-electron chi connectivity index (χ3n) is 2.28. The zero-order valence-electron chi connectivity index (χ0n) is 9.99. The fourth-order valence-corrected chi connectivity index (χ4v) is 2.20. The average molecular weight is 237 g/mol. The molecule has 0 bridgehead atoms. The van der Waals surface area contributed by atoms with Gasteiger partial charge in [-0.2, -0.15) is 5.26 Å². The largest absolute Gasteiger partial charge is 0.312 e. The van der Waals surface area contributed by atoms with Crippen LogP contribution in [-0.4, -0.2) is 32.1 Å². The molecule has 0 saturated heterocycles. The summed E-state index contributed by atoms with van der Waals surface area (Å²) in [5.74, 6) is 0. The van der Waals surface area contributed by atoms with Gasteiger partial charge >= 0.3 is 0 Å². The molecule has 88 valence electrons. The van der Waals surface area contributed by atoms with Crippen LogP contribution in [-0.2, 0) is 6.54 Å². The van der Waals surface area contributed by atoms with Gasteiger partial charge in [-0.25, -0.2) is 0 Å². The van der Waals surface area contributed by atoms with Crippen LogP contribution in [0.1, 0.15) is 22.6 Å². The van der Waals surface area contributed by atoms with Crippen molar-refractivity contribution in [1.29, 1.82) is 5.26 Å². The number of nitrogens with one attached hydrogen (secondary N) is 1. The van der Waals surface area contributed by atoms with Crippen LogP contribution in [0.2, 0.25) is 0 Å². The van der Waals surface area contributed by atoms with Crippen molar-refractivity contribution in [1.82, 2.24) is 10.2 Å². The van der Waals surface area contributed by atoms with Gasteiger partial charge in [-0.05, 0) is 52.2 Å². The maximum absolute atomic E-state index is 8.68. The lowest BCUT2D eigenvalue weighted by atomic mass is 10.3. The second-order valence-corrected chi connectivity index (χ2v) is 5.23. The minimum atomic E-state index is 0.796. The van der Waals surface area contributed by atoms with Crippen LogP contribution in [0.3, 0.4) is 0 Å². The number of hydrogen-bond acceptors (Lipinski definition) is 4. The van der Waals surface area contributed by atoms with Crippen LogP contribution in [0.25, 0.3) is 0 Å². The van der Waals surface area contributed by atoms with Gasteiger partial charge in [-0.3, -0.25) is 0 Å². The highest BCUT2D eigenvalue weighted by atomic mass is 32.1. The van der Waals surface area contributed by atoms with Crippen molar-refractivity contribution < 1.29 is 0 Å². The zero-order chi connectivity index (χ0) is 11.8. The van der Waals surface area contributed by atoms with Crippen molar-refractivity contribution >= 4 is 11.3 Å². The molecule has 0 unspecified atom stereocenters. The molecule has 1 aromatic heterocycles. The Morgan fingerprint density at radius 2 is 2.19 bits per heavy atom. The number of rotatable bonds is 7. The van der Waals surface area contributed by atoms with Crippen LogP contribution in [0.4, 0.5) is 0 Å². The molecule has 0 aliphatic heterocycles. The van der Waals surface area contributed by atoms with Gasteiger partial charge in [0.05, 0.1) is 0 Å². The first-order chi connectivity index (χ1) is 7.72. The second-order valence-electron chi connectivity index (χ2n) is 4.06. The monoisotopic (exact) mass is 237 g/mol. The van der Waals surface area contributed by atoms with Gasteiger partial charge in [0.2, 0.25) is 0 Å². The Morgan fingerprint density at radius 1 is 1.38 bits per heavy atom. The van der Waals surface area contributed by atoms with E-state index < -0.39 is 0 Å². The summed E-state index contributed by atoms with van der Waals surface area (Å²) in [6, 6.07) is 6.06. The Bertz CT molecular complexity index is 338. The molecule has 0 saturated carbocycles. The summed E-state index contributed by atoms with van der Waals surface area (Å²) in [6.07, 6.45) is 2.43. The topological polar surface area (TPSA) is 39.1 Å². The minimum absolute atomic E-state index is 0.796. The summed E-state index contributed by atoms with van der Waals surface area (Å²) in [6.45, 7) is 3.08. The number of unbranched alkanes of at least 4 members (excludes halogenated alkanes) is 1. The normalized spacial score (nSPS) is 10.6. The Morgan fingerprint density at radius 3 is 2.81 bits per heavy atom. The number of thiophene rings is 1. The average Bonchev–Trinajstić information content (AvgIpc) is 2.70. The summed E-state index contributed by atoms with van der Waals surface area (Å²) in [5.41, 5.74) is 0. The molecule has 0 aromatic carbocycles. The zero-order valence-corrected chi connectivity index (χ0v) is 10.8. The molecule has 0 spiro atoms. The fourth-order valence-electron chi connectivity index (χ4n) is 1.42. The molecule has 1 heterocycles. The summed E-state index contributed by atoms with van der Waals surface area (Å²) in [4.78, 5) is 4.24. The van der Waals surface area contributed by atoms with E-state index in [4.69, 9.17) is 5.26 Å². The van der Waals surface area contributed by atoms with E-state index in [2.05, 4.69) is 30.4 Å². The molecule has 1 aromatic rings. The highest BCUT2D eigenvalue weighted by Crippen LogP contribution is 2.14. The SMILES string of the molecule is CN(C)CCCCNCc1ccc(C#N)s1. The molecule has 16 heavy (non-hydrogen) atoms. The highest BCUT2D eigenvalue weighted by Gasteiger charge is 1.98. The summed E-state index contributed by atoms with van der Waals surface area (Å²) < 4.78 is 0. The van der Waals surface area contributed by atoms with Crippen LogP contribution < -0.4 is 5.32 Å².